The maximum atomic E-state index is 12.4. The third kappa shape index (κ3) is 5.35. The first kappa shape index (κ1) is 21.2. The Morgan fingerprint density at radius 2 is 1.81 bits per heavy atom. The van der Waals surface area contributed by atoms with Crippen LogP contribution in [-0.4, -0.2) is 32.6 Å². The van der Waals surface area contributed by atoms with Crippen LogP contribution in [0.5, 0.6) is 0 Å². The van der Waals surface area contributed by atoms with Gasteiger partial charge in [0, 0.05) is 21.5 Å². The van der Waals surface area contributed by atoms with Crippen molar-refractivity contribution in [1.82, 2.24) is 20.1 Å². The molecule has 0 aliphatic heterocycles. The van der Waals surface area contributed by atoms with E-state index in [1.54, 1.807) is 47.5 Å². The highest BCUT2D eigenvalue weighted by molar-refractivity contribution is 7.16. The third-order valence-electron chi connectivity index (χ3n) is 4.65. The average Bonchev–Trinajstić information content (AvgIpc) is 3.51. The minimum absolute atomic E-state index is 0.303. The Bertz CT molecular complexity index is 1220. The molecule has 2 N–H and O–H groups in total. The van der Waals surface area contributed by atoms with Crippen LogP contribution in [-0.2, 0) is 9.59 Å². The highest BCUT2D eigenvalue weighted by Crippen LogP contribution is 2.28. The second-order valence-corrected chi connectivity index (χ2v) is 8.12. The van der Waals surface area contributed by atoms with E-state index in [0.29, 0.717) is 5.69 Å². The molecule has 4 aromatic rings. The lowest BCUT2D eigenvalue weighted by atomic mass is 10.2. The Labute approximate surface area is 189 Å². The molecular weight excluding hydrogens is 422 g/mol. The zero-order valence-corrected chi connectivity index (χ0v) is 18.1. The predicted octanol–water partition coefficient (Wildman–Crippen LogP) is 4.15. The number of anilines is 1. The first-order valence-corrected chi connectivity index (χ1v) is 10.8. The molecule has 0 spiro atoms. The summed E-state index contributed by atoms with van der Waals surface area (Å²) in [5.74, 6) is -0.633. The molecule has 0 bridgehead atoms. The number of thiophene rings is 1. The maximum absolute atomic E-state index is 12.4. The van der Waals surface area contributed by atoms with Gasteiger partial charge in [-0.05, 0) is 55.0 Å². The van der Waals surface area contributed by atoms with Crippen molar-refractivity contribution in [3.05, 3.63) is 90.3 Å². The molecule has 7 nitrogen and oxygen atoms in total. The monoisotopic (exact) mass is 443 g/mol. The Hall–Kier alpha value is -4.04. The van der Waals surface area contributed by atoms with Gasteiger partial charge in [-0.2, -0.15) is 5.10 Å². The molecule has 4 rings (SSSR count). The summed E-state index contributed by atoms with van der Waals surface area (Å²) >= 11 is 1.60. The standard InChI is InChI=1S/C24H21N5O2S/c1-17(24(31)28-19-7-9-20(10-8-19)29-16-25-15-26-29)27-23(30)14-12-21-11-13-22(32-21)18-5-3-2-4-6-18/h2-17H,1H3,(H,27,30)(H,28,31)/b14-12+. The van der Waals surface area contributed by atoms with E-state index >= 15 is 0 Å². The first-order valence-electron chi connectivity index (χ1n) is 9.98. The summed E-state index contributed by atoms with van der Waals surface area (Å²) in [6.07, 6.45) is 6.24. The third-order valence-corrected chi connectivity index (χ3v) is 5.75. The predicted molar refractivity (Wildman–Crippen MR) is 126 cm³/mol. The second kappa shape index (κ2) is 9.84. The van der Waals surface area contributed by atoms with E-state index in [9.17, 15) is 9.59 Å². The van der Waals surface area contributed by atoms with Crippen LogP contribution in [0.25, 0.3) is 22.2 Å². The van der Waals surface area contributed by atoms with Crippen LogP contribution in [0.15, 0.2) is 85.5 Å². The average molecular weight is 444 g/mol. The molecule has 8 heteroatoms. The highest BCUT2D eigenvalue weighted by Gasteiger charge is 2.14. The van der Waals surface area contributed by atoms with Crippen molar-refractivity contribution in [3.63, 3.8) is 0 Å². The van der Waals surface area contributed by atoms with Crippen LogP contribution < -0.4 is 10.6 Å². The molecule has 0 aliphatic carbocycles. The van der Waals surface area contributed by atoms with Crippen molar-refractivity contribution in [3.8, 4) is 16.1 Å². The number of hydrogen-bond acceptors (Lipinski definition) is 5. The zero-order valence-electron chi connectivity index (χ0n) is 17.3. The first-order chi connectivity index (χ1) is 15.6. The quantitative estimate of drug-likeness (QED) is 0.420. The number of nitrogens with zero attached hydrogens (tertiary/aromatic N) is 3. The molecule has 1 atom stereocenters. The van der Waals surface area contributed by atoms with Crippen LogP contribution in [0.4, 0.5) is 5.69 Å². The van der Waals surface area contributed by atoms with Gasteiger partial charge in [-0.1, -0.05) is 30.3 Å². The Morgan fingerprint density at radius 1 is 1.03 bits per heavy atom. The molecule has 0 saturated carbocycles. The minimum atomic E-state index is -0.689. The largest absolute Gasteiger partial charge is 0.341 e. The number of amides is 2. The summed E-state index contributed by atoms with van der Waals surface area (Å²) in [5, 5.41) is 9.54. The molecule has 160 valence electrons. The van der Waals surface area contributed by atoms with Gasteiger partial charge in [-0.15, -0.1) is 11.3 Å². The van der Waals surface area contributed by atoms with Crippen LogP contribution in [0.1, 0.15) is 11.8 Å². The van der Waals surface area contributed by atoms with E-state index in [4.69, 9.17) is 0 Å². The highest BCUT2D eigenvalue weighted by atomic mass is 32.1. The van der Waals surface area contributed by atoms with Gasteiger partial charge in [-0.25, -0.2) is 9.67 Å². The number of benzene rings is 2. The summed E-state index contributed by atoms with van der Waals surface area (Å²) in [6, 6.07) is 20.6. The Morgan fingerprint density at radius 3 is 2.53 bits per heavy atom. The van der Waals surface area contributed by atoms with Crippen molar-refractivity contribution >= 4 is 34.9 Å². The van der Waals surface area contributed by atoms with E-state index in [2.05, 4.69) is 32.8 Å². The van der Waals surface area contributed by atoms with E-state index < -0.39 is 6.04 Å². The molecular formula is C24H21N5O2S. The van der Waals surface area contributed by atoms with Gasteiger partial charge < -0.3 is 10.6 Å². The van der Waals surface area contributed by atoms with E-state index in [0.717, 1.165) is 21.0 Å². The Kier molecular flexibility index (Phi) is 6.52. The lowest BCUT2D eigenvalue weighted by Crippen LogP contribution is -2.40. The van der Waals surface area contributed by atoms with Gasteiger partial charge in [0.25, 0.3) is 0 Å². The van der Waals surface area contributed by atoms with Crippen molar-refractivity contribution in [2.45, 2.75) is 13.0 Å². The van der Waals surface area contributed by atoms with Crippen molar-refractivity contribution < 1.29 is 9.59 Å². The molecule has 0 aliphatic rings. The lowest BCUT2D eigenvalue weighted by Gasteiger charge is -2.13. The maximum Gasteiger partial charge on any atom is 0.246 e. The summed E-state index contributed by atoms with van der Waals surface area (Å²) in [5.41, 5.74) is 2.60. The van der Waals surface area contributed by atoms with Crippen molar-refractivity contribution in [2.75, 3.05) is 5.32 Å². The van der Waals surface area contributed by atoms with Crippen LogP contribution in [0.2, 0.25) is 0 Å². The summed E-state index contributed by atoms with van der Waals surface area (Å²) in [6.45, 7) is 1.64. The summed E-state index contributed by atoms with van der Waals surface area (Å²) in [7, 11) is 0. The molecule has 0 radical (unpaired) electrons. The van der Waals surface area contributed by atoms with Gasteiger partial charge >= 0.3 is 0 Å². The minimum Gasteiger partial charge on any atom is -0.341 e. The smallest absolute Gasteiger partial charge is 0.246 e. The van der Waals surface area contributed by atoms with Gasteiger partial charge in [0.1, 0.15) is 18.7 Å². The molecule has 2 amide bonds. The van der Waals surface area contributed by atoms with Crippen molar-refractivity contribution in [1.29, 1.82) is 0 Å². The number of aromatic nitrogens is 3. The van der Waals surface area contributed by atoms with E-state index in [1.165, 1.54) is 12.4 Å². The summed E-state index contributed by atoms with van der Waals surface area (Å²) in [4.78, 5) is 30.7. The normalized spacial score (nSPS) is 11.9. The van der Waals surface area contributed by atoms with Crippen LogP contribution >= 0.6 is 11.3 Å². The van der Waals surface area contributed by atoms with E-state index in [1.807, 2.05) is 42.5 Å². The molecule has 2 aromatic heterocycles. The fraction of sp³-hybridized carbons (Fsp3) is 0.0833. The SMILES string of the molecule is CC(NC(=O)/C=C/c1ccc(-c2ccccc2)s1)C(=O)Nc1ccc(-n2cncn2)cc1. The summed E-state index contributed by atoms with van der Waals surface area (Å²) < 4.78 is 1.62. The van der Waals surface area contributed by atoms with Gasteiger partial charge in [-0.3, -0.25) is 9.59 Å². The molecule has 32 heavy (non-hydrogen) atoms. The fourth-order valence-corrected chi connectivity index (χ4v) is 3.89. The number of nitrogens with one attached hydrogen (secondary N) is 2. The lowest BCUT2D eigenvalue weighted by molar-refractivity contribution is -0.123. The van der Waals surface area contributed by atoms with Gasteiger partial charge in [0.2, 0.25) is 11.8 Å². The Balaban J connectivity index is 1.29. The number of carbonyl (C=O) groups is 2. The fourth-order valence-electron chi connectivity index (χ4n) is 2.97. The van der Waals surface area contributed by atoms with Crippen molar-refractivity contribution in [2.24, 2.45) is 0 Å². The molecule has 0 saturated heterocycles. The number of carbonyl (C=O) groups excluding carboxylic acids is 2. The molecule has 0 fully saturated rings. The van der Waals surface area contributed by atoms with E-state index in [-0.39, 0.29) is 11.8 Å². The molecule has 1 unspecified atom stereocenters. The molecule has 2 aromatic carbocycles. The van der Waals surface area contributed by atoms with Crippen LogP contribution in [0, 0.1) is 0 Å². The van der Waals surface area contributed by atoms with Crippen LogP contribution in [0.3, 0.4) is 0 Å². The second-order valence-electron chi connectivity index (χ2n) is 7.01. The number of hydrogen-bond donors (Lipinski definition) is 2. The van der Waals surface area contributed by atoms with Gasteiger partial charge in [0.15, 0.2) is 0 Å². The topological polar surface area (TPSA) is 88.9 Å². The zero-order chi connectivity index (χ0) is 22.3. The van der Waals surface area contributed by atoms with Gasteiger partial charge in [0.05, 0.1) is 5.69 Å². The number of rotatable bonds is 7. The molecule has 2 heterocycles.